The molecule has 0 aliphatic heterocycles. The molecule has 0 spiro atoms. The molecule has 0 radical (unpaired) electrons. The molecule has 0 aliphatic carbocycles. The smallest absolute Gasteiger partial charge is 0.262 e. The van der Waals surface area contributed by atoms with Gasteiger partial charge in [0.1, 0.15) is 23.1 Å². The van der Waals surface area contributed by atoms with Crippen molar-refractivity contribution in [2.45, 2.75) is 6.54 Å². The van der Waals surface area contributed by atoms with E-state index in [1.807, 2.05) is 6.07 Å². The van der Waals surface area contributed by atoms with Gasteiger partial charge in [0.05, 0.1) is 28.4 Å². The second-order valence-corrected chi connectivity index (χ2v) is 6.19. The van der Waals surface area contributed by atoms with Gasteiger partial charge in [0.25, 0.3) is 5.91 Å². The molecule has 8 heteroatoms. The minimum atomic E-state index is -0.530. The van der Waals surface area contributed by atoms with Crippen LogP contribution in [0.2, 0.25) is 0 Å². The lowest BCUT2D eigenvalue weighted by Crippen LogP contribution is -2.24. The molecular formula is C23H24N2O6. The molecule has 2 aromatic rings. The molecule has 31 heavy (non-hydrogen) atoms. The number of phenols is 1. The van der Waals surface area contributed by atoms with Gasteiger partial charge in [-0.2, -0.15) is 5.26 Å². The highest BCUT2D eigenvalue weighted by atomic mass is 16.5. The zero-order valence-electron chi connectivity index (χ0n) is 17.8. The number of nitriles is 1. The summed E-state index contributed by atoms with van der Waals surface area (Å²) >= 11 is 0. The second kappa shape index (κ2) is 11.2. The molecule has 0 saturated heterocycles. The Morgan fingerprint density at radius 1 is 1.03 bits per heavy atom. The number of carbonyl (C=O) groups is 1. The first kappa shape index (κ1) is 23.2. The van der Waals surface area contributed by atoms with Gasteiger partial charge in [0, 0.05) is 12.1 Å². The van der Waals surface area contributed by atoms with Crippen LogP contribution in [-0.2, 0) is 11.3 Å². The fourth-order valence-electron chi connectivity index (χ4n) is 2.72. The summed E-state index contributed by atoms with van der Waals surface area (Å²) in [4.78, 5) is 12.4. The van der Waals surface area contributed by atoms with Gasteiger partial charge in [-0.1, -0.05) is 12.2 Å². The second-order valence-electron chi connectivity index (χ2n) is 6.19. The number of hydrogen-bond acceptors (Lipinski definition) is 7. The molecule has 0 unspecified atom stereocenters. The minimum absolute atomic E-state index is 0.0733. The Kier molecular flexibility index (Phi) is 8.34. The molecular weight excluding hydrogens is 400 g/mol. The maximum atomic E-state index is 12.4. The number of carbonyl (C=O) groups excluding carboxylic acids is 1. The van der Waals surface area contributed by atoms with Crippen LogP contribution in [0, 0.1) is 11.3 Å². The van der Waals surface area contributed by atoms with E-state index in [0.717, 1.165) is 0 Å². The van der Waals surface area contributed by atoms with Gasteiger partial charge in [-0.05, 0) is 42.0 Å². The van der Waals surface area contributed by atoms with Gasteiger partial charge in [0.2, 0.25) is 5.75 Å². The third-order valence-corrected chi connectivity index (χ3v) is 4.35. The van der Waals surface area contributed by atoms with E-state index in [0.29, 0.717) is 22.6 Å². The van der Waals surface area contributed by atoms with E-state index < -0.39 is 5.91 Å². The highest BCUT2D eigenvalue weighted by Crippen LogP contribution is 2.37. The topological polar surface area (TPSA) is 110 Å². The molecule has 0 bridgehead atoms. The third-order valence-electron chi connectivity index (χ3n) is 4.35. The van der Waals surface area contributed by atoms with Crippen molar-refractivity contribution in [1.82, 2.24) is 5.32 Å². The lowest BCUT2D eigenvalue weighted by atomic mass is 10.1. The molecule has 2 rings (SSSR count). The van der Waals surface area contributed by atoms with E-state index in [4.69, 9.17) is 18.9 Å². The zero-order valence-corrected chi connectivity index (χ0v) is 17.8. The molecule has 1 amide bonds. The zero-order chi connectivity index (χ0) is 22.8. The largest absolute Gasteiger partial charge is 0.502 e. The van der Waals surface area contributed by atoms with Crippen molar-refractivity contribution < 1.29 is 28.8 Å². The Labute approximate surface area is 180 Å². The van der Waals surface area contributed by atoms with Crippen LogP contribution >= 0.6 is 0 Å². The van der Waals surface area contributed by atoms with E-state index in [9.17, 15) is 15.2 Å². The molecule has 162 valence electrons. The minimum Gasteiger partial charge on any atom is -0.502 e. The highest BCUT2D eigenvalue weighted by molar-refractivity contribution is 5.97. The van der Waals surface area contributed by atoms with Crippen LogP contribution in [0.5, 0.6) is 28.7 Å². The lowest BCUT2D eigenvalue weighted by molar-refractivity contribution is -0.117. The van der Waals surface area contributed by atoms with Gasteiger partial charge in [0.15, 0.2) is 11.5 Å². The van der Waals surface area contributed by atoms with Gasteiger partial charge >= 0.3 is 0 Å². The van der Waals surface area contributed by atoms with Crippen molar-refractivity contribution in [2.24, 2.45) is 0 Å². The quantitative estimate of drug-likeness (QED) is 0.361. The van der Waals surface area contributed by atoms with E-state index in [1.54, 1.807) is 49.6 Å². The molecule has 8 nitrogen and oxygen atoms in total. The molecule has 2 N–H and O–H groups in total. The number of phenolic OH excluding ortho intramolecular Hbond substituents is 1. The molecule has 0 fully saturated rings. The van der Waals surface area contributed by atoms with Crippen LogP contribution in [0.3, 0.4) is 0 Å². The fraction of sp³-hybridized carbons (Fsp3) is 0.217. The van der Waals surface area contributed by atoms with Crippen molar-refractivity contribution in [3.05, 3.63) is 59.2 Å². The van der Waals surface area contributed by atoms with Crippen LogP contribution in [-0.4, -0.2) is 39.5 Å². The Balaban J connectivity index is 2.14. The summed E-state index contributed by atoms with van der Waals surface area (Å²) in [6, 6.07) is 10.3. The van der Waals surface area contributed by atoms with E-state index in [1.165, 1.54) is 27.4 Å². The standard InChI is InChI=1S/C23H24N2O6/c1-28-18-8-9-19(29-2)17(12-18)14-25-23(27)16(13-24)7-5-6-15-10-20(30-3)22(26)21(11-15)31-4/h5-12,26H,14H2,1-4H3,(H,25,27)/b6-5+,16-7+. The van der Waals surface area contributed by atoms with Crippen LogP contribution < -0.4 is 24.3 Å². The summed E-state index contributed by atoms with van der Waals surface area (Å²) < 4.78 is 20.7. The number of methoxy groups -OCH3 is 4. The maximum absolute atomic E-state index is 12.4. The van der Waals surface area contributed by atoms with E-state index >= 15 is 0 Å². The Hall–Kier alpha value is -4.12. The number of aromatic hydroxyl groups is 1. The lowest BCUT2D eigenvalue weighted by Gasteiger charge is -2.11. The Morgan fingerprint density at radius 2 is 1.68 bits per heavy atom. The summed E-state index contributed by atoms with van der Waals surface area (Å²) in [6.07, 6.45) is 4.60. The van der Waals surface area contributed by atoms with Crippen molar-refractivity contribution in [3.8, 4) is 34.8 Å². The summed E-state index contributed by atoms with van der Waals surface area (Å²) in [7, 11) is 5.94. The van der Waals surface area contributed by atoms with Gasteiger partial charge < -0.3 is 29.4 Å². The van der Waals surface area contributed by atoms with E-state index in [2.05, 4.69) is 5.32 Å². The normalized spacial score (nSPS) is 11.0. The average Bonchev–Trinajstić information content (AvgIpc) is 2.80. The Bertz CT molecular complexity index is 1010. The fourth-order valence-corrected chi connectivity index (χ4v) is 2.72. The molecule has 0 atom stereocenters. The first-order valence-corrected chi connectivity index (χ1v) is 9.19. The highest BCUT2D eigenvalue weighted by Gasteiger charge is 2.12. The van der Waals surface area contributed by atoms with Crippen molar-refractivity contribution >= 4 is 12.0 Å². The number of rotatable bonds is 9. The average molecular weight is 424 g/mol. The third kappa shape index (κ3) is 5.93. The van der Waals surface area contributed by atoms with E-state index in [-0.39, 0.29) is 29.4 Å². The molecule has 0 aliphatic rings. The SMILES string of the molecule is COc1ccc(OC)c(CNC(=O)/C(C#N)=C/C=C/c2cc(OC)c(O)c(OC)c2)c1. The van der Waals surface area contributed by atoms with Gasteiger partial charge in [-0.25, -0.2) is 0 Å². The van der Waals surface area contributed by atoms with Crippen molar-refractivity contribution in [1.29, 1.82) is 5.26 Å². The number of hydrogen-bond donors (Lipinski definition) is 2. The molecule has 0 heterocycles. The predicted molar refractivity (Wildman–Crippen MR) is 115 cm³/mol. The number of benzene rings is 2. The van der Waals surface area contributed by atoms with Gasteiger partial charge in [-0.15, -0.1) is 0 Å². The maximum Gasteiger partial charge on any atom is 0.262 e. The van der Waals surface area contributed by atoms with Crippen molar-refractivity contribution in [3.63, 3.8) is 0 Å². The number of allylic oxidation sites excluding steroid dienone is 2. The summed E-state index contributed by atoms with van der Waals surface area (Å²) in [5.74, 6) is 1.07. The molecule has 0 saturated carbocycles. The van der Waals surface area contributed by atoms with Crippen LogP contribution in [0.25, 0.3) is 6.08 Å². The summed E-state index contributed by atoms with van der Waals surface area (Å²) in [5, 5.41) is 22.0. The molecule has 0 aromatic heterocycles. The van der Waals surface area contributed by atoms with Crippen molar-refractivity contribution in [2.75, 3.05) is 28.4 Å². The van der Waals surface area contributed by atoms with Gasteiger partial charge in [-0.3, -0.25) is 4.79 Å². The number of nitrogens with one attached hydrogen (secondary N) is 1. The number of nitrogens with zero attached hydrogens (tertiary/aromatic N) is 1. The molecule has 2 aromatic carbocycles. The van der Waals surface area contributed by atoms with Crippen LogP contribution in [0.4, 0.5) is 0 Å². The van der Waals surface area contributed by atoms with Crippen LogP contribution in [0.15, 0.2) is 48.1 Å². The van der Waals surface area contributed by atoms with Crippen LogP contribution in [0.1, 0.15) is 11.1 Å². The monoisotopic (exact) mass is 424 g/mol. The first-order valence-electron chi connectivity index (χ1n) is 9.19. The number of ether oxygens (including phenoxy) is 4. The number of amides is 1. The first-order chi connectivity index (χ1) is 15.0. The predicted octanol–water partition coefficient (Wildman–Crippen LogP) is 3.21. The Morgan fingerprint density at radius 3 is 2.23 bits per heavy atom. The summed E-state index contributed by atoms with van der Waals surface area (Å²) in [6.45, 7) is 0.161. The summed E-state index contributed by atoms with van der Waals surface area (Å²) in [5.41, 5.74) is 1.30.